The van der Waals surface area contributed by atoms with Gasteiger partial charge in [-0.05, 0) is 79.5 Å². The number of anilines is 1. The van der Waals surface area contributed by atoms with E-state index in [1.54, 1.807) is 12.1 Å². The number of carbonyl (C=O) groups is 2. The molecule has 3 N–H and O–H groups in total. The Bertz CT molecular complexity index is 1150. The Morgan fingerprint density at radius 2 is 1.78 bits per heavy atom. The smallest absolute Gasteiger partial charge is 0.272 e. The van der Waals surface area contributed by atoms with Crippen molar-refractivity contribution in [2.75, 3.05) is 18.4 Å². The van der Waals surface area contributed by atoms with E-state index in [9.17, 15) is 18.0 Å². The van der Waals surface area contributed by atoms with Crippen LogP contribution in [0, 0.1) is 11.8 Å². The van der Waals surface area contributed by atoms with E-state index in [1.807, 2.05) is 6.07 Å². The van der Waals surface area contributed by atoms with E-state index in [0.29, 0.717) is 24.5 Å². The Hall–Kier alpha value is -2.91. The molecule has 0 radical (unpaired) electrons. The maximum Gasteiger partial charge on any atom is 0.272 e. The van der Waals surface area contributed by atoms with Crippen LogP contribution in [0.1, 0.15) is 34.6 Å². The van der Waals surface area contributed by atoms with Gasteiger partial charge in [-0.1, -0.05) is 6.58 Å². The number of aromatic amines is 1. The third kappa shape index (κ3) is 3.75. The molecule has 168 valence electrons. The predicted molar refractivity (Wildman–Crippen MR) is 120 cm³/mol. The molecule has 2 heterocycles. The zero-order valence-electron chi connectivity index (χ0n) is 17.6. The fourth-order valence-corrected chi connectivity index (χ4v) is 6.42. The van der Waals surface area contributed by atoms with Gasteiger partial charge in [0.1, 0.15) is 5.69 Å². The van der Waals surface area contributed by atoms with Crippen LogP contribution in [0.4, 0.5) is 5.69 Å². The highest BCUT2D eigenvalue weighted by molar-refractivity contribution is 7.89. The lowest BCUT2D eigenvalue weighted by Gasteiger charge is -2.20. The van der Waals surface area contributed by atoms with Crippen molar-refractivity contribution in [3.05, 3.63) is 59.9 Å². The molecule has 0 bridgehead atoms. The molecule has 1 aromatic carbocycles. The molecule has 0 spiro atoms. The van der Waals surface area contributed by atoms with E-state index < -0.39 is 10.0 Å². The molecule has 2 aromatic rings. The first-order valence-corrected chi connectivity index (χ1v) is 12.4. The molecule has 3 aliphatic rings. The Balaban J connectivity index is 1.21. The lowest BCUT2D eigenvalue weighted by atomic mass is 9.98. The third-order valence-corrected chi connectivity index (χ3v) is 8.61. The van der Waals surface area contributed by atoms with Gasteiger partial charge in [0.05, 0.1) is 4.90 Å². The number of nitrogens with zero attached hydrogens (tertiary/aromatic N) is 1. The number of fused-ring (bicyclic) bond motifs is 2. The Morgan fingerprint density at radius 1 is 1.09 bits per heavy atom. The van der Waals surface area contributed by atoms with Gasteiger partial charge in [-0.3, -0.25) is 9.59 Å². The molecule has 1 aliphatic heterocycles. The Kier molecular flexibility index (Phi) is 5.17. The minimum Gasteiger partial charge on any atom is -0.354 e. The maximum absolute atomic E-state index is 13.0. The summed E-state index contributed by atoms with van der Waals surface area (Å²) in [5, 5.41) is 5.68. The first kappa shape index (κ1) is 21.0. The number of benzene rings is 1. The molecule has 2 fully saturated rings. The van der Waals surface area contributed by atoms with Crippen molar-refractivity contribution < 1.29 is 18.0 Å². The number of carbonyl (C=O) groups excluding carboxylic acids is 2. The number of sulfonamides is 1. The monoisotopic (exact) mass is 454 g/mol. The molecule has 9 heteroatoms. The summed E-state index contributed by atoms with van der Waals surface area (Å²) in [6.45, 7) is 4.23. The van der Waals surface area contributed by atoms with Gasteiger partial charge in [0.25, 0.3) is 5.91 Å². The lowest BCUT2D eigenvalue weighted by molar-refractivity contribution is -0.116. The zero-order valence-corrected chi connectivity index (χ0v) is 18.5. The first-order valence-electron chi connectivity index (χ1n) is 10.9. The Labute approximate surface area is 187 Å². The van der Waals surface area contributed by atoms with Crippen LogP contribution in [0.25, 0.3) is 0 Å². The normalized spacial score (nSPS) is 24.3. The van der Waals surface area contributed by atoms with Crippen molar-refractivity contribution >= 4 is 27.5 Å². The molecule has 1 saturated carbocycles. The number of nitrogens with one attached hydrogen (secondary N) is 3. The van der Waals surface area contributed by atoms with Gasteiger partial charge in [0, 0.05) is 30.5 Å². The maximum atomic E-state index is 13.0. The summed E-state index contributed by atoms with van der Waals surface area (Å²) in [5.41, 5.74) is 3.41. The third-order valence-electron chi connectivity index (χ3n) is 6.76. The van der Waals surface area contributed by atoms with Crippen LogP contribution in [0.3, 0.4) is 0 Å². The van der Waals surface area contributed by atoms with Crippen LogP contribution < -0.4 is 10.6 Å². The predicted octanol–water partition coefficient (Wildman–Crippen LogP) is 2.07. The van der Waals surface area contributed by atoms with Crippen LogP contribution in [-0.4, -0.2) is 48.7 Å². The molecule has 8 nitrogen and oxygen atoms in total. The Morgan fingerprint density at radius 3 is 2.44 bits per heavy atom. The second kappa shape index (κ2) is 7.90. The van der Waals surface area contributed by atoms with Crippen LogP contribution in [0.5, 0.6) is 0 Å². The molecule has 2 unspecified atom stereocenters. The second-order valence-corrected chi connectivity index (χ2v) is 10.7. The van der Waals surface area contributed by atoms with E-state index in [2.05, 4.69) is 22.2 Å². The molecule has 2 aliphatic carbocycles. The molecule has 5 rings (SSSR count). The summed E-state index contributed by atoms with van der Waals surface area (Å²) in [6.07, 6.45) is 5.46. The largest absolute Gasteiger partial charge is 0.354 e. The molecular weight excluding hydrogens is 428 g/mol. The number of hydrogen-bond acceptors (Lipinski definition) is 4. The number of aromatic nitrogens is 1. The van der Waals surface area contributed by atoms with Crippen molar-refractivity contribution in [3.63, 3.8) is 0 Å². The van der Waals surface area contributed by atoms with Crippen molar-refractivity contribution in [1.82, 2.24) is 14.6 Å². The lowest BCUT2D eigenvalue weighted by Crippen LogP contribution is -2.36. The molecule has 2 amide bonds. The van der Waals surface area contributed by atoms with Gasteiger partial charge >= 0.3 is 0 Å². The molecule has 1 aromatic heterocycles. The van der Waals surface area contributed by atoms with Crippen LogP contribution in [0.15, 0.2) is 47.9 Å². The fourth-order valence-electron chi connectivity index (χ4n) is 4.90. The highest BCUT2D eigenvalue weighted by atomic mass is 32.2. The minimum absolute atomic E-state index is 0.0307. The minimum atomic E-state index is -3.62. The summed E-state index contributed by atoms with van der Waals surface area (Å²) in [5.74, 6) is -0.157. The van der Waals surface area contributed by atoms with Crippen molar-refractivity contribution in [2.24, 2.45) is 11.8 Å². The summed E-state index contributed by atoms with van der Waals surface area (Å²) >= 11 is 0. The van der Waals surface area contributed by atoms with Crippen LogP contribution in [0.2, 0.25) is 0 Å². The van der Waals surface area contributed by atoms with Gasteiger partial charge in [-0.2, -0.15) is 4.31 Å². The first-order chi connectivity index (χ1) is 15.4. The second-order valence-electron chi connectivity index (χ2n) is 8.76. The van der Waals surface area contributed by atoms with E-state index >= 15 is 0 Å². The van der Waals surface area contributed by atoms with Gasteiger partial charge in [-0.25, -0.2) is 8.42 Å². The molecule has 32 heavy (non-hydrogen) atoms. The van der Waals surface area contributed by atoms with E-state index in [1.165, 1.54) is 28.1 Å². The summed E-state index contributed by atoms with van der Waals surface area (Å²) < 4.78 is 27.4. The number of piperidine rings is 1. The summed E-state index contributed by atoms with van der Waals surface area (Å²) in [4.78, 5) is 27.4. The number of hydrogen-bond donors (Lipinski definition) is 3. The van der Waals surface area contributed by atoms with E-state index in [0.717, 1.165) is 31.4 Å². The number of aryl methyl sites for hydroxylation is 2. The molecule has 2 atom stereocenters. The fraction of sp³-hybridized carbons (Fsp3) is 0.391. The van der Waals surface area contributed by atoms with Gasteiger partial charge in [-0.15, -0.1) is 0 Å². The van der Waals surface area contributed by atoms with Crippen molar-refractivity contribution in [1.29, 1.82) is 0 Å². The SMILES string of the molecule is C=CC(=O)NC1C2CN(S(=O)(=O)c3ccc(NC(=O)c4cc5c([nH]4)CCCC5)cc3)CC21. The van der Waals surface area contributed by atoms with Gasteiger partial charge in [0.15, 0.2) is 0 Å². The van der Waals surface area contributed by atoms with Gasteiger partial charge in [0.2, 0.25) is 15.9 Å². The van der Waals surface area contributed by atoms with Crippen molar-refractivity contribution in [2.45, 2.75) is 36.6 Å². The molecular formula is C23H26N4O4S. The topological polar surface area (TPSA) is 111 Å². The van der Waals surface area contributed by atoms with Crippen molar-refractivity contribution in [3.8, 4) is 0 Å². The average Bonchev–Trinajstić information content (AvgIpc) is 3.16. The van der Waals surface area contributed by atoms with Gasteiger partial charge < -0.3 is 15.6 Å². The highest BCUT2D eigenvalue weighted by Crippen LogP contribution is 2.47. The quantitative estimate of drug-likeness (QED) is 0.580. The number of rotatable bonds is 6. The average molecular weight is 455 g/mol. The standard InChI is InChI=1S/C23H26N4O4S/c1-2-21(28)26-22-17-12-27(13-18(17)22)32(30,31)16-9-7-15(8-10-16)24-23(29)20-11-14-5-3-4-6-19(14)25-20/h2,7-11,17-18,22,25H,1,3-6,12-13H2,(H,24,29)(H,26,28). The summed E-state index contributed by atoms with van der Waals surface area (Å²) in [6, 6.07) is 8.20. The number of H-pyrrole nitrogens is 1. The van der Waals surface area contributed by atoms with Crippen LogP contribution >= 0.6 is 0 Å². The highest BCUT2D eigenvalue weighted by Gasteiger charge is 2.58. The van der Waals surface area contributed by atoms with E-state index in [-0.39, 0.29) is 34.6 Å². The number of amides is 2. The zero-order chi connectivity index (χ0) is 22.5. The van der Waals surface area contributed by atoms with Crippen LogP contribution in [-0.2, 0) is 27.7 Å². The molecule has 1 saturated heterocycles. The van der Waals surface area contributed by atoms with E-state index in [4.69, 9.17) is 0 Å². The summed E-state index contributed by atoms with van der Waals surface area (Å²) in [7, 11) is -3.62.